The molecule has 0 aromatic heterocycles. The second kappa shape index (κ2) is 11.9. The number of urea groups is 1. The summed E-state index contributed by atoms with van der Waals surface area (Å²) in [5.41, 5.74) is 0.369. The normalized spacial score (nSPS) is 27.8. The predicted molar refractivity (Wildman–Crippen MR) is 134 cm³/mol. The Hall–Kier alpha value is -1.89. The quantitative estimate of drug-likeness (QED) is 0.184. The average Bonchev–Trinajstić information content (AvgIpc) is 3.03. The molecule has 2 amide bonds. The van der Waals surface area contributed by atoms with Crippen LogP contribution in [0.3, 0.4) is 0 Å². The third kappa shape index (κ3) is 7.15. The number of nitrogens with zero attached hydrogens (tertiary/aromatic N) is 1. The molecule has 37 heavy (non-hydrogen) atoms. The van der Waals surface area contributed by atoms with Crippen LogP contribution in [0, 0.1) is 0 Å². The van der Waals surface area contributed by atoms with Crippen LogP contribution in [0.2, 0.25) is 0 Å². The highest BCUT2D eigenvalue weighted by Gasteiger charge is 2.58. The summed E-state index contributed by atoms with van der Waals surface area (Å²) in [5.74, 6) is -0.504. The lowest BCUT2D eigenvalue weighted by Crippen LogP contribution is -2.55. The van der Waals surface area contributed by atoms with Gasteiger partial charge in [-0.15, -0.1) is 0 Å². The first-order valence-corrected chi connectivity index (χ1v) is 13.7. The van der Waals surface area contributed by atoms with Crippen LogP contribution in [0.1, 0.15) is 27.7 Å². The lowest BCUT2D eigenvalue weighted by atomic mass is 10.1. The molecule has 1 aromatic carbocycles. The second-order valence-corrected chi connectivity index (χ2v) is 12.0. The van der Waals surface area contributed by atoms with Gasteiger partial charge in [0.25, 0.3) is 0 Å². The number of rotatable bonds is 10. The van der Waals surface area contributed by atoms with Gasteiger partial charge in [0.1, 0.15) is 24.0 Å². The van der Waals surface area contributed by atoms with E-state index >= 15 is 0 Å². The minimum absolute atomic E-state index is 0.182. The number of hydrogen-bond acceptors (Lipinski definition) is 9. The van der Waals surface area contributed by atoms with Crippen LogP contribution in [0.15, 0.2) is 42.1 Å². The summed E-state index contributed by atoms with van der Waals surface area (Å²) >= 11 is 12.7. The van der Waals surface area contributed by atoms with Crippen molar-refractivity contribution in [2.45, 2.75) is 68.8 Å². The maximum Gasteiger partial charge on any atom is 0.459 e. The van der Waals surface area contributed by atoms with Gasteiger partial charge in [0.05, 0.1) is 12.7 Å². The lowest BCUT2D eigenvalue weighted by Gasteiger charge is -2.35. The molecular weight excluding hydrogens is 552 g/mol. The molecule has 3 rings (SSSR count). The van der Waals surface area contributed by atoms with Gasteiger partial charge in [-0.1, -0.05) is 41.4 Å². The second-order valence-electron chi connectivity index (χ2n) is 8.81. The molecule has 0 saturated carbocycles. The number of para-hydroxylation sites is 1. The zero-order valence-electron chi connectivity index (χ0n) is 20.5. The molecule has 2 aliphatic heterocycles. The van der Waals surface area contributed by atoms with Gasteiger partial charge in [-0.25, -0.2) is 9.36 Å². The number of halogens is 2. The Kier molecular flexibility index (Phi) is 9.52. The van der Waals surface area contributed by atoms with E-state index in [9.17, 15) is 24.4 Å². The number of alkyl halides is 2. The number of carbonyl (C=O) groups excluding carboxylic acids is 2. The largest absolute Gasteiger partial charge is 0.462 e. The van der Waals surface area contributed by atoms with Crippen LogP contribution in [-0.2, 0) is 23.4 Å². The van der Waals surface area contributed by atoms with E-state index in [1.165, 1.54) is 25.3 Å². The van der Waals surface area contributed by atoms with E-state index in [0.29, 0.717) is 5.57 Å². The van der Waals surface area contributed by atoms with Crippen LogP contribution in [0.25, 0.3) is 0 Å². The van der Waals surface area contributed by atoms with Crippen molar-refractivity contribution in [1.29, 1.82) is 0 Å². The Labute approximate surface area is 224 Å². The number of amides is 2. The highest BCUT2D eigenvalue weighted by molar-refractivity contribution is 7.52. The van der Waals surface area contributed by atoms with E-state index in [4.69, 9.17) is 41.7 Å². The van der Waals surface area contributed by atoms with Crippen molar-refractivity contribution in [2.75, 3.05) is 6.61 Å². The number of aliphatic hydroxyl groups is 2. The molecule has 6 atom stereocenters. The summed E-state index contributed by atoms with van der Waals surface area (Å²) < 4.78 is 33.6. The van der Waals surface area contributed by atoms with E-state index in [2.05, 4.69) is 10.4 Å². The maximum atomic E-state index is 13.6. The summed E-state index contributed by atoms with van der Waals surface area (Å²) in [5, 5.41) is 25.4. The number of ether oxygens (including phenoxy) is 2. The summed E-state index contributed by atoms with van der Waals surface area (Å²) in [4.78, 5) is 25.7. The van der Waals surface area contributed by atoms with Crippen molar-refractivity contribution < 1.29 is 42.9 Å². The number of aliphatic hydroxyl groups excluding tert-OH is 2. The van der Waals surface area contributed by atoms with E-state index in [1.54, 1.807) is 39.0 Å². The minimum atomic E-state index is -4.26. The number of hydrogen-bond donors (Lipinski definition) is 4. The third-order valence-electron chi connectivity index (χ3n) is 5.34. The fraction of sp³-hybridized carbons (Fsp3) is 0.545. The Morgan fingerprint density at radius 1 is 1.27 bits per heavy atom. The topological polar surface area (TPSA) is 156 Å². The van der Waals surface area contributed by atoms with E-state index < -0.39 is 67.5 Å². The molecular formula is C22H30Cl2N3O9P. The molecule has 2 heterocycles. The van der Waals surface area contributed by atoms with Gasteiger partial charge >= 0.3 is 19.7 Å². The van der Waals surface area contributed by atoms with Crippen molar-refractivity contribution in [2.24, 2.45) is 0 Å². The first kappa shape index (κ1) is 29.7. The Morgan fingerprint density at radius 2 is 1.92 bits per heavy atom. The average molecular weight is 582 g/mol. The third-order valence-corrected chi connectivity index (χ3v) is 7.80. The van der Waals surface area contributed by atoms with Gasteiger partial charge in [0.15, 0.2) is 16.8 Å². The molecule has 4 N–H and O–H groups in total. The van der Waals surface area contributed by atoms with Gasteiger partial charge < -0.3 is 29.5 Å². The summed E-state index contributed by atoms with van der Waals surface area (Å²) in [6.07, 6.45) is -4.56. The van der Waals surface area contributed by atoms with Crippen molar-refractivity contribution in [1.82, 2.24) is 15.3 Å². The van der Waals surface area contributed by atoms with Gasteiger partial charge in [0.2, 0.25) is 0 Å². The predicted octanol–water partition coefficient (Wildman–Crippen LogP) is 2.63. The Balaban J connectivity index is 1.77. The number of esters is 1. The molecule has 0 radical (unpaired) electrons. The summed E-state index contributed by atoms with van der Waals surface area (Å²) in [6.45, 7) is 5.76. The van der Waals surface area contributed by atoms with Crippen LogP contribution in [0.5, 0.6) is 5.75 Å². The van der Waals surface area contributed by atoms with Gasteiger partial charge in [-0.05, 0) is 45.4 Å². The smallest absolute Gasteiger partial charge is 0.459 e. The van der Waals surface area contributed by atoms with Crippen molar-refractivity contribution in [3.63, 3.8) is 0 Å². The van der Waals surface area contributed by atoms with Crippen molar-refractivity contribution in [3.8, 4) is 5.75 Å². The van der Waals surface area contributed by atoms with Gasteiger partial charge in [-0.2, -0.15) is 5.09 Å². The number of nitrogens with one attached hydrogen (secondary N) is 2. The first-order valence-electron chi connectivity index (χ1n) is 11.4. The molecule has 15 heteroatoms. The lowest BCUT2D eigenvalue weighted by molar-refractivity contribution is -0.149. The van der Waals surface area contributed by atoms with E-state index in [1.807, 2.05) is 0 Å². The molecule has 1 aromatic rings. The fourth-order valence-electron chi connectivity index (χ4n) is 3.44. The highest BCUT2D eigenvalue weighted by atomic mass is 35.5. The Bertz CT molecular complexity index is 1060. The van der Waals surface area contributed by atoms with E-state index in [-0.39, 0.29) is 5.75 Å². The highest BCUT2D eigenvalue weighted by Crippen LogP contribution is 2.48. The zero-order chi connectivity index (χ0) is 27.5. The van der Waals surface area contributed by atoms with Crippen LogP contribution >= 0.6 is 30.9 Å². The molecule has 1 saturated heterocycles. The fourth-order valence-corrected chi connectivity index (χ4v) is 5.54. The molecule has 12 nitrogen and oxygen atoms in total. The van der Waals surface area contributed by atoms with Crippen molar-refractivity contribution in [3.05, 3.63) is 42.1 Å². The standard InChI is InChI=1S/C22H30Cl2N3O9P/c1-12(2)34-19(30)14(4)26-37(32,36-15-8-6-5-7-9-15)33-11-16-17(28)22(23,24)20(35-16)27-10-13(3)18(29)25-21(27)31/h5-10,12,14,16-18,20,28-29H,11H2,1-4H3,(H,25,31)(H,26,32). The maximum absolute atomic E-state index is 13.6. The molecule has 0 aliphatic carbocycles. The molecule has 2 aliphatic rings. The van der Waals surface area contributed by atoms with Crippen LogP contribution < -0.4 is 14.9 Å². The van der Waals surface area contributed by atoms with Crippen molar-refractivity contribution >= 4 is 42.9 Å². The number of benzene rings is 1. The van der Waals surface area contributed by atoms with E-state index in [0.717, 1.165) is 4.90 Å². The molecule has 0 bridgehead atoms. The summed E-state index contributed by atoms with van der Waals surface area (Å²) in [6, 6.07) is 6.24. The van der Waals surface area contributed by atoms with Gasteiger partial charge in [0, 0.05) is 6.20 Å². The minimum Gasteiger partial charge on any atom is -0.462 e. The Morgan fingerprint density at radius 3 is 2.54 bits per heavy atom. The molecule has 206 valence electrons. The van der Waals surface area contributed by atoms with Crippen LogP contribution in [0.4, 0.5) is 4.79 Å². The van der Waals surface area contributed by atoms with Crippen LogP contribution in [-0.4, -0.2) is 74.9 Å². The zero-order valence-corrected chi connectivity index (χ0v) is 22.9. The number of carbonyl (C=O) groups is 2. The molecule has 1 fully saturated rings. The first-order chi connectivity index (χ1) is 17.2. The molecule has 0 spiro atoms. The van der Waals surface area contributed by atoms with Gasteiger partial charge in [-0.3, -0.25) is 14.2 Å². The summed E-state index contributed by atoms with van der Waals surface area (Å²) in [7, 11) is -4.26. The SMILES string of the molecule is CC1=CN(C2OC(COP(=O)(NC(C)C(=O)OC(C)C)Oc3ccccc3)C(O)C2(Cl)Cl)C(=O)NC1O. The molecule has 6 unspecified atom stereocenters. The monoisotopic (exact) mass is 581 g/mol.